The van der Waals surface area contributed by atoms with Gasteiger partial charge in [0.2, 0.25) is 0 Å². The number of hydrogen-bond donors (Lipinski definition) is 1. The Kier molecular flexibility index (Phi) is 3.88. The van der Waals surface area contributed by atoms with Gasteiger partial charge in [0.05, 0.1) is 12.2 Å². The summed E-state index contributed by atoms with van der Waals surface area (Å²) in [6, 6.07) is 4.28. The summed E-state index contributed by atoms with van der Waals surface area (Å²) in [5, 5.41) is 7.77. The summed E-state index contributed by atoms with van der Waals surface area (Å²) in [4.78, 5) is 4.06. The van der Waals surface area contributed by atoms with Crippen LogP contribution in [0.1, 0.15) is 30.5 Å². The molecule has 0 amide bonds. The first-order valence-electron chi connectivity index (χ1n) is 5.93. The molecule has 0 saturated carbocycles. The average molecular weight is 230 g/mol. The molecule has 0 aromatic carbocycles. The van der Waals surface area contributed by atoms with Gasteiger partial charge in [-0.2, -0.15) is 5.10 Å². The molecule has 1 atom stereocenters. The first-order chi connectivity index (χ1) is 8.31. The molecule has 2 aromatic heterocycles. The predicted molar refractivity (Wildman–Crippen MR) is 67.6 cm³/mol. The van der Waals surface area contributed by atoms with Crippen molar-refractivity contribution in [3.05, 3.63) is 48.0 Å². The lowest BCUT2D eigenvalue weighted by Crippen LogP contribution is -2.22. The van der Waals surface area contributed by atoms with Crippen molar-refractivity contribution in [1.82, 2.24) is 20.1 Å². The molecule has 2 rings (SSSR count). The molecule has 2 aromatic rings. The molecule has 90 valence electrons. The van der Waals surface area contributed by atoms with Gasteiger partial charge in [0.1, 0.15) is 0 Å². The standard InChI is InChI=1S/C13H18N4/c1-3-6-15-13(11-4-7-14-8-5-11)12-9-16-17(2)10-12/h4-5,7-10,13,15H,3,6H2,1-2H3. The van der Waals surface area contributed by atoms with Crippen LogP contribution in [0, 0.1) is 0 Å². The predicted octanol–water partition coefficient (Wildman–Crippen LogP) is 1.90. The maximum atomic E-state index is 4.23. The topological polar surface area (TPSA) is 42.7 Å². The number of rotatable bonds is 5. The van der Waals surface area contributed by atoms with Crippen LogP contribution in [-0.4, -0.2) is 21.3 Å². The van der Waals surface area contributed by atoms with E-state index in [4.69, 9.17) is 0 Å². The van der Waals surface area contributed by atoms with Crippen molar-refractivity contribution in [2.24, 2.45) is 7.05 Å². The minimum absolute atomic E-state index is 0.201. The summed E-state index contributed by atoms with van der Waals surface area (Å²) in [7, 11) is 1.94. The highest BCUT2D eigenvalue weighted by atomic mass is 15.2. The number of nitrogens with zero attached hydrogens (tertiary/aromatic N) is 3. The fraction of sp³-hybridized carbons (Fsp3) is 0.385. The van der Waals surface area contributed by atoms with Gasteiger partial charge >= 0.3 is 0 Å². The van der Waals surface area contributed by atoms with E-state index in [1.165, 1.54) is 11.1 Å². The lowest BCUT2D eigenvalue weighted by atomic mass is 10.0. The molecule has 4 heteroatoms. The molecule has 4 nitrogen and oxygen atoms in total. The molecule has 0 aliphatic carbocycles. The van der Waals surface area contributed by atoms with Crippen LogP contribution in [0.2, 0.25) is 0 Å². The fourth-order valence-corrected chi connectivity index (χ4v) is 1.86. The molecule has 0 bridgehead atoms. The van der Waals surface area contributed by atoms with E-state index < -0.39 is 0 Å². The molecular formula is C13H18N4. The minimum Gasteiger partial charge on any atom is -0.306 e. The number of nitrogens with one attached hydrogen (secondary N) is 1. The van der Waals surface area contributed by atoms with Gasteiger partial charge in [-0.3, -0.25) is 9.67 Å². The van der Waals surface area contributed by atoms with Crippen LogP contribution < -0.4 is 5.32 Å². The quantitative estimate of drug-likeness (QED) is 0.853. The summed E-state index contributed by atoms with van der Waals surface area (Å²) < 4.78 is 1.83. The van der Waals surface area contributed by atoms with Gasteiger partial charge in [0, 0.05) is 31.2 Å². The van der Waals surface area contributed by atoms with Gasteiger partial charge in [0.25, 0.3) is 0 Å². The molecule has 0 aliphatic rings. The highest BCUT2D eigenvalue weighted by Crippen LogP contribution is 2.20. The van der Waals surface area contributed by atoms with E-state index in [9.17, 15) is 0 Å². The Morgan fingerprint density at radius 1 is 1.29 bits per heavy atom. The van der Waals surface area contributed by atoms with Gasteiger partial charge < -0.3 is 5.32 Å². The summed E-state index contributed by atoms with van der Waals surface area (Å²) >= 11 is 0. The summed E-state index contributed by atoms with van der Waals surface area (Å²) in [5.41, 5.74) is 2.41. The van der Waals surface area contributed by atoms with Crippen LogP contribution in [0.3, 0.4) is 0 Å². The van der Waals surface area contributed by atoms with Crippen molar-refractivity contribution in [2.45, 2.75) is 19.4 Å². The van der Waals surface area contributed by atoms with E-state index in [-0.39, 0.29) is 6.04 Å². The minimum atomic E-state index is 0.201. The Balaban J connectivity index is 2.25. The zero-order valence-corrected chi connectivity index (χ0v) is 10.3. The second-order valence-electron chi connectivity index (χ2n) is 4.12. The first-order valence-corrected chi connectivity index (χ1v) is 5.93. The van der Waals surface area contributed by atoms with E-state index in [1.807, 2.05) is 48.6 Å². The summed E-state index contributed by atoms with van der Waals surface area (Å²) in [5.74, 6) is 0. The molecule has 2 heterocycles. The van der Waals surface area contributed by atoms with Crippen LogP contribution in [0.25, 0.3) is 0 Å². The fourth-order valence-electron chi connectivity index (χ4n) is 1.86. The highest BCUT2D eigenvalue weighted by molar-refractivity contribution is 5.27. The van der Waals surface area contributed by atoms with E-state index >= 15 is 0 Å². The van der Waals surface area contributed by atoms with Crippen molar-refractivity contribution in [3.8, 4) is 0 Å². The summed E-state index contributed by atoms with van der Waals surface area (Å²) in [6.45, 7) is 3.15. The third kappa shape index (κ3) is 2.91. The van der Waals surface area contributed by atoms with Gasteiger partial charge in [-0.25, -0.2) is 0 Å². The second kappa shape index (κ2) is 5.59. The van der Waals surface area contributed by atoms with Crippen LogP contribution in [0.5, 0.6) is 0 Å². The van der Waals surface area contributed by atoms with Crippen LogP contribution >= 0.6 is 0 Å². The lowest BCUT2D eigenvalue weighted by Gasteiger charge is -2.17. The van der Waals surface area contributed by atoms with E-state index in [0.29, 0.717) is 0 Å². The Bertz CT molecular complexity index is 449. The molecule has 0 aliphatic heterocycles. The van der Waals surface area contributed by atoms with E-state index in [2.05, 4.69) is 22.3 Å². The van der Waals surface area contributed by atoms with Crippen LogP contribution in [0.4, 0.5) is 0 Å². The Morgan fingerprint density at radius 3 is 2.65 bits per heavy atom. The van der Waals surface area contributed by atoms with Crippen molar-refractivity contribution < 1.29 is 0 Å². The smallest absolute Gasteiger partial charge is 0.0609 e. The molecular weight excluding hydrogens is 212 g/mol. The molecule has 1 unspecified atom stereocenters. The van der Waals surface area contributed by atoms with Gasteiger partial charge in [-0.05, 0) is 30.7 Å². The summed E-state index contributed by atoms with van der Waals surface area (Å²) in [6.07, 6.45) is 8.72. The average Bonchev–Trinajstić information content (AvgIpc) is 2.78. The van der Waals surface area contributed by atoms with Gasteiger partial charge in [-0.15, -0.1) is 0 Å². The van der Waals surface area contributed by atoms with Crippen molar-refractivity contribution in [3.63, 3.8) is 0 Å². The Labute approximate surface area is 102 Å². The number of pyridine rings is 1. The number of aryl methyl sites for hydroxylation is 1. The molecule has 1 N–H and O–H groups in total. The zero-order chi connectivity index (χ0) is 12.1. The third-order valence-corrected chi connectivity index (χ3v) is 2.70. The molecule has 17 heavy (non-hydrogen) atoms. The van der Waals surface area contributed by atoms with Crippen LogP contribution in [-0.2, 0) is 7.05 Å². The largest absolute Gasteiger partial charge is 0.306 e. The zero-order valence-electron chi connectivity index (χ0n) is 10.3. The van der Waals surface area contributed by atoms with Crippen molar-refractivity contribution in [2.75, 3.05) is 6.54 Å². The lowest BCUT2D eigenvalue weighted by molar-refractivity contribution is 0.597. The van der Waals surface area contributed by atoms with Crippen molar-refractivity contribution in [1.29, 1.82) is 0 Å². The van der Waals surface area contributed by atoms with E-state index in [0.717, 1.165) is 13.0 Å². The normalized spacial score (nSPS) is 12.6. The Morgan fingerprint density at radius 2 is 2.06 bits per heavy atom. The molecule has 0 fully saturated rings. The SMILES string of the molecule is CCCNC(c1ccncc1)c1cnn(C)c1. The van der Waals surface area contributed by atoms with Gasteiger partial charge in [0.15, 0.2) is 0 Å². The molecule has 0 saturated heterocycles. The molecule has 0 radical (unpaired) electrons. The highest BCUT2D eigenvalue weighted by Gasteiger charge is 2.14. The number of aromatic nitrogens is 3. The van der Waals surface area contributed by atoms with Crippen molar-refractivity contribution >= 4 is 0 Å². The van der Waals surface area contributed by atoms with Crippen LogP contribution in [0.15, 0.2) is 36.9 Å². The maximum absolute atomic E-state index is 4.23. The maximum Gasteiger partial charge on any atom is 0.0609 e. The first kappa shape index (κ1) is 11.8. The second-order valence-corrected chi connectivity index (χ2v) is 4.12. The van der Waals surface area contributed by atoms with E-state index in [1.54, 1.807) is 0 Å². The van der Waals surface area contributed by atoms with Gasteiger partial charge in [-0.1, -0.05) is 6.92 Å². The third-order valence-electron chi connectivity index (χ3n) is 2.70. The monoisotopic (exact) mass is 230 g/mol. The Hall–Kier alpha value is -1.68. The molecule has 0 spiro atoms. The number of hydrogen-bond acceptors (Lipinski definition) is 3.